The van der Waals surface area contributed by atoms with E-state index in [1.54, 1.807) is 72.0 Å². The molecule has 0 spiro atoms. The standard InChI is InChI=1S/C37H55N8O13P/c1-17(2)28(34(50)42-26(16-58-59(55,56)57)33(49)41-25(37(53)54)14-21-15-38-23-11-9-8-10-22(21)23)44-36(52)30(19(5)6)45-35(51)29(18(3)4)43-31(47)20(7)39-32(48)24-12-13-27(46)40-24/h8-11,15,17-20,24-26,28-30,38H,12-14,16H2,1-7H3,(H,39,48)(H,40,46)(H,41,49)(H,42,50)(H,43,47)(H,44,52)(H,45,51)(H,53,54)(H2,55,56,57)/t20-,24+,25-,26-,28-,29-,30-/m1/s1. The van der Waals surface area contributed by atoms with E-state index < -0.39 is 116 Å². The molecule has 0 aliphatic carbocycles. The molecule has 22 heteroatoms. The third kappa shape index (κ3) is 14.2. The number of carboxylic acid groups (broad SMARTS) is 1. The van der Waals surface area contributed by atoms with E-state index in [1.807, 2.05) is 0 Å². The molecule has 1 aromatic heterocycles. The Morgan fingerprint density at radius 2 is 1.25 bits per heavy atom. The van der Waals surface area contributed by atoms with E-state index in [-0.39, 0.29) is 25.2 Å². The molecular weight excluding hydrogens is 795 g/mol. The molecule has 1 aliphatic rings. The van der Waals surface area contributed by atoms with Crippen molar-refractivity contribution in [2.45, 2.75) is 110 Å². The number of hydrogen-bond acceptors (Lipinski definition) is 10. The predicted octanol–water partition coefficient (Wildman–Crippen LogP) is -0.920. The fourth-order valence-electron chi connectivity index (χ4n) is 6.17. The van der Waals surface area contributed by atoms with E-state index in [1.165, 1.54) is 6.92 Å². The van der Waals surface area contributed by atoms with E-state index in [4.69, 9.17) is 0 Å². The second-order valence-electron chi connectivity index (χ2n) is 15.4. The van der Waals surface area contributed by atoms with Crippen LogP contribution in [0.25, 0.3) is 10.9 Å². The third-order valence-electron chi connectivity index (χ3n) is 9.56. The number of nitrogens with one attached hydrogen (secondary N) is 8. The number of hydrogen-bond donors (Lipinski definition) is 11. The lowest BCUT2D eigenvalue weighted by Crippen LogP contribution is -2.62. The number of H-pyrrole nitrogens is 1. The highest BCUT2D eigenvalue weighted by molar-refractivity contribution is 7.46. The maximum absolute atomic E-state index is 13.7. The summed E-state index contributed by atoms with van der Waals surface area (Å²) in [5.74, 6) is -8.44. The van der Waals surface area contributed by atoms with Crippen LogP contribution in [-0.4, -0.2) is 116 Å². The average molecular weight is 851 g/mol. The lowest BCUT2D eigenvalue weighted by atomic mass is 9.97. The molecule has 7 atom stereocenters. The van der Waals surface area contributed by atoms with E-state index in [0.717, 1.165) is 5.52 Å². The summed E-state index contributed by atoms with van der Waals surface area (Å²) in [5, 5.41) is 28.0. The van der Waals surface area contributed by atoms with Gasteiger partial charge in [-0.15, -0.1) is 0 Å². The first-order chi connectivity index (χ1) is 27.5. The van der Waals surface area contributed by atoms with Crippen molar-refractivity contribution in [1.29, 1.82) is 0 Å². The molecule has 2 aromatic rings. The van der Waals surface area contributed by atoms with Gasteiger partial charge in [0.05, 0.1) is 6.61 Å². The van der Waals surface area contributed by atoms with Crippen LogP contribution in [0.2, 0.25) is 0 Å². The van der Waals surface area contributed by atoms with E-state index in [2.05, 4.69) is 46.7 Å². The number of aromatic amines is 1. The molecule has 0 bridgehead atoms. The molecule has 0 radical (unpaired) electrons. The van der Waals surface area contributed by atoms with Gasteiger partial charge < -0.3 is 57.1 Å². The molecule has 21 nitrogen and oxygen atoms in total. The smallest absolute Gasteiger partial charge is 0.469 e. The van der Waals surface area contributed by atoms with E-state index >= 15 is 0 Å². The molecule has 1 saturated heterocycles. The minimum atomic E-state index is -5.20. The molecule has 0 unspecified atom stereocenters. The van der Waals surface area contributed by atoms with Gasteiger partial charge in [-0.3, -0.25) is 38.1 Å². The number of aromatic nitrogens is 1. The molecule has 7 amide bonds. The number of phosphoric ester groups is 1. The highest BCUT2D eigenvalue weighted by Gasteiger charge is 2.37. The summed E-state index contributed by atoms with van der Waals surface area (Å²) in [7, 11) is -5.20. The monoisotopic (exact) mass is 850 g/mol. The largest absolute Gasteiger partial charge is 0.480 e. The fourth-order valence-corrected chi connectivity index (χ4v) is 6.51. The first-order valence-electron chi connectivity index (χ1n) is 19.1. The number of amides is 7. The minimum absolute atomic E-state index is 0.177. The topological polar surface area (TPSA) is 324 Å². The van der Waals surface area contributed by atoms with Crippen molar-refractivity contribution in [3.63, 3.8) is 0 Å². The van der Waals surface area contributed by atoms with Gasteiger partial charge in [-0.1, -0.05) is 59.7 Å². The fraction of sp³-hybridized carbons (Fsp3) is 0.568. The predicted molar refractivity (Wildman–Crippen MR) is 211 cm³/mol. The number of para-hydroxylation sites is 1. The third-order valence-corrected chi connectivity index (χ3v) is 10.0. The highest BCUT2D eigenvalue weighted by atomic mass is 31.2. The summed E-state index contributed by atoms with van der Waals surface area (Å²) in [4.78, 5) is 125. The Morgan fingerprint density at radius 3 is 1.75 bits per heavy atom. The van der Waals surface area contributed by atoms with Gasteiger partial charge in [0.15, 0.2) is 0 Å². The molecule has 11 N–H and O–H groups in total. The number of carboxylic acids is 1. The molecule has 1 fully saturated rings. The van der Waals surface area contributed by atoms with E-state index in [9.17, 15) is 57.8 Å². The van der Waals surface area contributed by atoms with Crippen molar-refractivity contribution >= 4 is 66.0 Å². The van der Waals surface area contributed by atoms with Crippen LogP contribution in [0.1, 0.15) is 66.9 Å². The summed E-state index contributed by atoms with van der Waals surface area (Å²) in [6.45, 7) is 9.97. The van der Waals surface area contributed by atoms with Gasteiger partial charge in [-0.05, 0) is 42.7 Å². The normalized spacial score (nSPS) is 17.3. The van der Waals surface area contributed by atoms with Crippen LogP contribution in [0.3, 0.4) is 0 Å². The molecule has 1 aliphatic heterocycles. The van der Waals surface area contributed by atoms with Gasteiger partial charge in [0, 0.05) is 29.9 Å². The Kier molecular flexibility index (Phi) is 17.1. The van der Waals surface area contributed by atoms with Crippen LogP contribution in [0.15, 0.2) is 30.5 Å². The molecule has 1 aromatic carbocycles. The number of carbonyl (C=O) groups excluding carboxylic acids is 7. The summed E-state index contributed by atoms with van der Waals surface area (Å²) in [6, 6.07) is -2.07. The lowest BCUT2D eigenvalue weighted by Gasteiger charge is -2.30. The summed E-state index contributed by atoms with van der Waals surface area (Å²) >= 11 is 0. The molecule has 326 valence electrons. The van der Waals surface area contributed by atoms with Crippen molar-refractivity contribution in [3.05, 3.63) is 36.0 Å². The summed E-state index contributed by atoms with van der Waals surface area (Å²) in [6.07, 6.45) is 1.83. The number of benzene rings is 1. The Labute approximate surface area is 340 Å². The number of fused-ring (bicyclic) bond motifs is 1. The SMILES string of the molecule is CC(C)[C@@H](NC(=O)[C@@H](C)NC(=O)[C@@H]1CCC(=O)N1)C(=O)N[C@@H](C(=O)N[C@@H](C(=O)N[C@H](COP(=O)(O)O)C(=O)N[C@H](Cc1c[nH]c2ccccc12)C(=O)O)C(C)C)C(C)C. The molecule has 2 heterocycles. The number of phosphoric acid groups is 1. The van der Waals surface area contributed by atoms with Gasteiger partial charge in [0.25, 0.3) is 0 Å². The Bertz CT molecular complexity index is 1930. The highest BCUT2D eigenvalue weighted by Crippen LogP contribution is 2.35. The van der Waals surface area contributed by atoms with Crippen molar-refractivity contribution in [2.75, 3.05) is 6.61 Å². The minimum Gasteiger partial charge on any atom is -0.480 e. The molecule has 3 rings (SSSR count). The Balaban J connectivity index is 1.73. The second kappa shape index (κ2) is 21.1. The van der Waals surface area contributed by atoms with Crippen LogP contribution in [0, 0.1) is 17.8 Å². The molecule has 59 heavy (non-hydrogen) atoms. The van der Waals surface area contributed by atoms with Crippen LogP contribution in [0.4, 0.5) is 0 Å². The maximum Gasteiger partial charge on any atom is 0.469 e. The average Bonchev–Trinajstić information content (AvgIpc) is 3.77. The maximum atomic E-state index is 13.7. The number of carbonyl (C=O) groups is 8. The van der Waals surface area contributed by atoms with Gasteiger partial charge in [0.1, 0.15) is 42.3 Å². The van der Waals surface area contributed by atoms with Crippen molar-refractivity contribution < 1.29 is 62.3 Å². The van der Waals surface area contributed by atoms with Crippen molar-refractivity contribution in [1.82, 2.24) is 42.2 Å². The Hall–Kier alpha value is -5.37. The Morgan fingerprint density at radius 1 is 0.746 bits per heavy atom. The second-order valence-corrected chi connectivity index (χ2v) is 16.6. The van der Waals surface area contributed by atoms with Crippen molar-refractivity contribution in [3.8, 4) is 0 Å². The van der Waals surface area contributed by atoms with Crippen LogP contribution in [0.5, 0.6) is 0 Å². The zero-order valence-corrected chi connectivity index (χ0v) is 34.8. The number of rotatable bonds is 21. The van der Waals surface area contributed by atoms with Crippen LogP contribution < -0.4 is 37.2 Å². The van der Waals surface area contributed by atoms with Gasteiger partial charge in [0.2, 0.25) is 41.4 Å². The summed E-state index contributed by atoms with van der Waals surface area (Å²) in [5.41, 5.74) is 1.27. The zero-order valence-electron chi connectivity index (χ0n) is 33.9. The van der Waals surface area contributed by atoms with Gasteiger partial charge in [-0.25, -0.2) is 9.36 Å². The number of aliphatic carboxylic acids is 1. The van der Waals surface area contributed by atoms with Gasteiger partial charge >= 0.3 is 13.8 Å². The van der Waals surface area contributed by atoms with Crippen molar-refractivity contribution in [2.24, 2.45) is 17.8 Å². The first kappa shape index (κ1) is 48.0. The zero-order chi connectivity index (χ0) is 44.4. The summed E-state index contributed by atoms with van der Waals surface area (Å²) < 4.78 is 16.1. The molecular formula is C37H55N8O13P. The van der Waals surface area contributed by atoms with E-state index in [0.29, 0.717) is 10.9 Å². The van der Waals surface area contributed by atoms with Crippen LogP contribution >= 0.6 is 7.82 Å². The first-order valence-corrected chi connectivity index (χ1v) is 20.6. The lowest BCUT2D eigenvalue weighted by molar-refractivity contribution is -0.142. The molecule has 0 saturated carbocycles. The van der Waals surface area contributed by atoms with Crippen LogP contribution in [-0.2, 0) is 53.9 Å². The van der Waals surface area contributed by atoms with Gasteiger partial charge in [-0.2, -0.15) is 0 Å². The quantitative estimate of drug-likeness (QED) is 0.0678.